The zero-order valence-electron chi connectivity index (χ0n) is 16.3. The van der Waals surface area contributed by atoms with E-state index in [0.717, 1.165) is 24.0 Å². The molecule has 0 unspecified atom stereocenters. The SMILES string of the molecule is Cc1c(Cl)cccc1S(=O)(=O)Nc1ncc2c(c1OCc1cccnc1)OCCC2. The van der Waals surface area contributed by atoms with E-state index in [1.165, 1.54) is 6.07 Å². The fourth-order valence-corrected chi connectivity index (χ4v) is 4.70. The Morgan fingerprint density at radius 2 is 2.10 bits per heavy atom. The molecule has 3 aromatic rings. The Morgan fingerprint density at radius 1 is 1.23 bits per heavy atom. The number of halogens is 1. The zero-order chi connectivity index (χ0) is 21.1. The molecule has 156 valence electrons. The van der Waals surface area contributed by atoms with Crippen LogP contribution in [0.5, 0.6) is 11.5 Å². The fourth-order valence-electron chi connectivity index (χ4n) is 3.19. The number of benzene rings is 1. The van der Waals surface area contributed by atoms with E-state index in [9.17, 15) is 8.42 Å². The normalized spacial score (nSPS) is 13.3. The molecule has 1 aliphatic heterocycles. The summed E-state index contributed by atoms with van der Waals surface area (Å²) in [4.78, 5) is 8.47. The number of anilines is 1. The van der Waals surface area contributed by atoms with Crippen molar-refractivity contribution in [1.29, 1.82) is 0 Å². The van der Waals surface area contributed by atoms with E-state index in [4.69, 9.17) is 21.1 Å². The third-order valence-corrected chi connectivity index (χ3v) is 6.64. The highest BCUT2D eigenvalue weighted by atomic mass is 35.5. The maximum atomic E-state index is 13.1. The molecule has 0 saturated carbocycles. The van der Waals surface area contributed by atoms with Gasteiger partial charge in [-0.15, -0.1) is 0 Å². The Kier molecular flexibility index (Phi) is 5.78. The first-order valence-electron chi connectivity index (χ1n) is 9.40. The monoisotopic (exact) mass is 445 g/mol. The van der Waals surface area contributed by atoms with Gasteiger partial charge >= 0.3 is 0 Å². The number of rotatable bonds is 6. The molecule has 1 aromatic carbocycles. The zero-order valence-corrected chi connectivity index (χ0v) is 17.8. The molecule has 0 aliphatic carbocycles. The van der Waals surface area contributed by atoms with Gasteiger partial charge in [0.05, 0.1) is 11.5 Å². The molecule has 1 N–H and O–H groups in total. The molecule has 4 rings (SSSR count). The molecule has 0 spiro atoms. The predicted octanol–water partition coefficient (Wildman–Crippen LogP) is 4.14. The van der Waals surface area contributed by atoms with Gasteiger partial charge in [-0.1, -0.05) is 23.7 Å². The van der Waals surface area contributed by atoms with Crippen LogP contribution in [0.1, 0.15) is 23.1 Å². The van der Waals surface area contributed by atoms with Crippen LogP contribution in [-0.4, -0.2) is 25.0 Å². The Hall–Kier alpha value is -2.84. The number of nitrogens with one attached hydrogen (secondary N) is 1. The molecule has 0 saturated heterocycles. The minimum absolute atomic E-state index is 0.0684. The van der Waals surface area contributed by atoms with Crippen molar-refractivity contribution in [3.8, 4) is 11.5 Å². The number of aryl methyl sites for hydroxylation is 1. The first kappa shape index (κ1) is 20.4. The standard InChI is InChI=1S/C21H20ClN3O4S/c1-14-17(22)7-2-8-18(14)30(26,27)25-21-20(29-13-15-5-3-9-23-11-15)19-16(12-24-21)6-4-10-28-19/h2-3,5,7-9,11-12H,4,6,10,13H2,1H3,(H,24,25). The Bertz CT molecular complexity index is 1170. The molecule has 2 aromatic heterocycles. The summed E-state index contributed by atoms with van der Waals surface area (Å²) in [7, 11) is -3.94. The van der Waals surface area contributed by atoms with Gasteiger partial charge in [0.15, 0.2) is 11.6 Å². The van der Waals surface area contributed by atoms with Gasteiger partial charge in [-0.3, -0.25) is 9.71 Å². The van der Waals surface area contributed by atoms with Crippen LogP contribution in [0, 0.1) is 6.92 Å². The smallest absolute Gasteiger partial charge is 0.263 e. The van der Waals surface area contributed by atoms with Crippen molar-refractivity contribution in [2.75, 3.05) is 11.3 Å². The van der Waals surface area contributed by atoms with E-state index >= 15 is 0 Å². The van der Waals surface area contributed by atoms with Gasteiger partial charge in [0.1, 0.15) is 6.61 Å². The van der Waals surface area contributed by atoms with Crippen molar-refractivity contribution in [2.45, 2.75) is 31.3 Å². The van der Waals surface area contributed by atoms with E-state index < -0.39 is 10.0 Å². The van der Waals surface area contributed by atoms with Gasteiger partial charge in [-0.25, -0.2) is 13.4 Å². The second kappa shape index (κ2) is 8.49. The number of hydrogen-bond acceptors (Lipinski definition) is 6. The molecule has 0 radical (unpaired) electrons. The maximum Gasteiger partial charge on any atom is 0.263 e. The van der Waals surface area contributed by atoms with Crippen molar-refractivity contribution >= 4 is 27.4 Å². The number of ether oxygens (including phenoxy) is 2. The number of nitrogens with zero attached hydrogens (tertiary/aromatic N) is 2. The molecule has 9 heteroatoms. The quantitative estimate of drug-likeness (QED) is 0.613. The average molecular weight is 446 g/mol. The summed E-state index contributed by atoms with van der Waals surface area (Å²) in [6.07, 6.45) is 6.62. The topological polar surface area (TPSA) is 90.4 Å². The summed E-state index contributed by atoms with van der Waals surface area (Å²) >= 11 is 6.11. The van der Waals surface area contributed by atoms with Gasteiger partial charge in [-0.2, -0.15) is 0 Å². The molecule has 0 atom stereocenters. The highest BCUT2D eigenvalue weighted by Crippen LogP contribution is 2.41. The largest absolute Gasteiger partial charge is 0.489 e. The molecule has 3 heterocycles. The lowest BCUT2D eigenvalue weighted by atomic mass is 10.1. The lowest BCUT2D eigenvalue weighted by Crippen LogP contribution is -2.18. The maximum absolute atomic E-state index is 13.1. The minimum atomic E-state index is -3.94. The molecule has 30 heavy (non-hydrogen) atoms. The van der Waals surface area contributed by atoms with Gasteiger partial charge in [-0.05, 0) is 43.5 Å². The second-order valence-electron chi connectivity index (χ2n) is 6.86. The van der Waals surface area contributed by atoms with Gasteiger partial charge in [0, 0.05) is 34.7 Å². The van der Waals surface area contributed by atoms with Crippen LogP contribution in [-0.2, 0) is 23.1 Å². The first-order chi connectivity index (χ1) is 14.5. The third-order valence-electron chi connectivity index (χ3n) is 4.74. The number of pyridine rings is 2. The molecule has 1 aliphatic rings. The third kappa shape index (κ3) is 4.20. The molecule has 0 amide bonds. The first-order valence-corrected chi connectivity index (χ1v) is 11.3. The lowest BCUT2D eigenvalue weighted by molar-refractivity contribution is 0.246. The Labute approximate surface area is 180 Å². The van der Waals surface area contributed by atoms with E-state index in [-0.39, 0.29) is 23.1 Å². The molecular weight excluding hydrogens is 426 g/mol. The van der Waals surface area contributed by atoms with Gasteiger partial charge in [0.2, 0.25) is 5.75 Å². The van der Waals surface area contributed by atoms with Gasteiger partial charge < -0.3 is 9.47 Å². The summed E-state index contributed by atoms with van der Waals surface area (Å²) in [6, 6.07) is 8.40. The van der Waals surface area contributed by atoms with Crippen molar-refractivity contribution in [1.82, 2.24) is 9.97 Å². The summed E-state index contributed by atoms with van der Waals surface area (Å²) in [6.45, 7) is 2.38. The van der Waals surface area contributed by atoms with E-state index in [0.29, 0.717) is 22.9 Å². The number of aromatic nitrogens is 2. The summed E-state index contributed by atoms with van der Waals surface area (Å²) < 4.78 is 40.4. The molecular formula is C21H20ClN3O4S. The highest BCUT2D eigenvalue weighted by molar-refractivity contribution is 7.92. The fraction of sp³-hybridized carbons (Fsp3) is 0.238. The number of hydrogen-bond donors (Lipinski definition) is 1. The van der Waals surface area contributed by atoms with Crippen LogP contribution in [0.15, 0.2) is 53.8 Å². The van der Waals surface area contributed by atoms with Crippen LogP contribution >= 0.6 is 11.6 Å². The highest BCUT2D eigenvalue weighted by Gasteiger charge is 2.26. The van der Waals surface area contributed by atoms with Crippen LogP contribution < -0.4 is 14.2 Å². The number of sulfonamides is 1. The van der Waals surface area contributed by atoms with Crippen molar-refractivity contribution in [3.05, 3.63) is 70.6 Å². The van der Waals surface area contributed by atoms with E-state index in [1.807, 2.05) is 6.07 Å². The molecule has 7 nitrogen and oxygen atoms in total. The van der Waals surface area contributed by atoms with Crippen LogP contribution in [0.3, 0.4) is 0 Å². The Morgan fingerprint density at radius 3 is 2.90 bits per heavy atom. The van der Waals surface area contributed by atoms with Crippen molar-refractivity contribution < 1.29 is 17.9 Å². The average Bonchev–Trinajstić information content (AvgIpc) is 2.75. The summed E-state index contributed by atoms with van der Waals surface area (Å²) in [5, 5.41) is 0.368. The van der Waals surface area contributed by atoms with Crippen molar-refractivity contribution in [3.63, 3.8) is 0 Å². The lowest BCUT2D eigenvalue weighted by Gasteiger charge is -2.22. The van der Waals surface area contributed by atoms with E-state index in [2.05, 4.69) is 14.7 Å². The van der Waals surface area contributed by atoms with Crippen molar-refractivity contribution in [2.24, 2.45) is 0 Å². The molecule has 0 fully saturated rings. The molecule has 0 bridgehead atoms. The van der Waals surface area contributed by atoms with Crippen LogP contribution in [0.25, 0.3) is 0 Å². The second-order valence-corrected chi connectivity index (χ2v) is 8.92. The Balaban J connectivity index is 1.71. The minimum Gasteiger partial charge on any atom is -0.489 e. The van der Waals surface area contributed by atoms with Crippen LogP contribution in [0.2, 0.25) is 5.02 Å². The summed E-state index contributed by atoms with van der Waals surface area (Å²) in [5.74, 6) is 0.846. The van der Waals surface area contributed by atoms with Crippen LogP contribution in [0.4, 0.5) is 5.82 Å². The predicted molar refractivity (Wildman–Crippen MR) is 114 cm³/mol. The number of fused-ring (bicyclic) bond motifs is 1. The van der Waals surface area contributed by atoms with Gasteiger partial charge in [0.25, 0.3) is 10.0 Å². The summed E-state index contributed by atoms with van der Waals surface area (Å²) in [5.41, 5.74) is 2.17. The van der Waals surface area contributed by atoms with E-state index in [1.54, 1.807) is 43.7 Å².